The van der Waals surface area contributed by atoms with Crippen LogP contribution >= 0.6 is 0 Å². The van der Waals surface area contributed by atoms with E-state index in [2.05, 4.69) is 20.5 Å². The number of hydrogen-bond donors (Lipinski definition) is 1. The molecule has 0 aliphatic heterocycles. The Hall–Kier alpha value is -2.64. The molecular weight excluding hydrogens is 294 g/mol. The van der Waals surface area contributed by atoms with Gasteiger partial charge in [0.2, 0.25) is 5.91 Å². The summed E-state index contributed by atoms with van der Waals surface area (Å²) < 4.78 is 5.51. The number of hydrogen-bond acceptors (Lipinski definition) is 4. The first-order chi connectivity index (χ1) is 11.1. The number of carbonyl (C=O) groups excluding carboxylic acids is 1. The van der Waals surface area contributed by atoms with Gasteiger partial charge >= 0.3 is 0 Å². The highest BCUT2D eigenvalue weighted by atomic mass is 16.2. The number of nitrogens with one attached hydrogen (secondary N) is 1. The molecule has 0 aliphatic carbocycles. The van der Waals surface area contributed by atoms with Crippen molar-refractivity contribution in [3.05, 3.63) is 30.6 Å². The smallest absolute Gasteiger partial charge is 0.244 e. The maximum atomic E-state index is 12.3. The van der Waals surface area contributed by atoms with E-state index in [1.54, 1.807) is 28.1 Å². The lowest BCUT2D eigenvalue weighted by Crippen LogP contribution is -2.32. The molecule has 0 aliphatic rings. The molecule has 1 atom stereocenters. The number of amides is 1. The van der Waals surface area contributed by atoms with Crippen LogP contribution in [0.15, 0.2) is 24.9 Å². The number of carbonyl (C=O) groups is 1. The number of aryl methyl sites for hydroxylation is 3. The third kappa shape index (κ3) is 2.96. The molecule has 3 heterocycles. The molecule has 1 unspecified atom stereocenters. The molecule has 3 aromatic heterocycles. The van der Waals surface area contributed by atoms with E-state index in [4.69, 9.17) is 0 Å². The monoisotopic (exact) mass is 315 g/mol. The zero-order chi connectivity index (χ0) is 16.4. The molecule has 23 heavy (non-hydrogen) atoms. The second kappa shape index (κ2) is 6.23. The van der Waals surface area contributed by atoms with E-state index >= 15 is 0 Å². The molecule has 0 fully saturated rings. The van der Waals surface area contributed by atoms with Crippen LogP contribution < -0.4 is 5.32 Å². The number of rotatable bonds is 6. The van der Waals surface area contributed by atoms with Crippen LogP contribution in [0, 0.1) is 6.92 Å². The summed E-state index contributed by atoms with van der Waals surface area (Å²) in [7, 11) is 1.88. The van der Waals surface area contributed by atoms with E-state index in [-0.39, 0.29) is 11.9 Å². The molecule has 0 saturated heterocycles. The minimum absolute atomic E-state index is 0.0381. The van der Waals surface area contributed by atoms with Crippen LogP contribution in [0.5, 0.6) is 0 Å². The third-order valence-corrected chi connectivity index (χ3v) is 3.97. The summed E-state index contributed by atoms with van der Waals surface area (Å²) in [5, 5.41) is 11.7. The van der Waals surface area contributed by atoms with Gasteiger partial charge in [-0.15, -0.1) is 0 Å². The SMILES string of the molecule is Cc1nn(C)c2cnn(C(C)C(=O)NCCCn3ccnc3)c12. The number of nitrogens with zero attached hydrogens (tertiary/aromatic N) is 6. The van der Waals surface area contributed by atoms with Crippen LogP contribution in [0.2, 0.25) is 0 Å². The zero-order valence-corrected chi connectivity index (χ0v) is 13.6. The van der Waals surface area contributed by atoms with Gasteiger partial charge < -0.3 is 9.88 Å². The summed E-state index contributed by atoms with van der Waals surface area (Å²) in [4.78, 5) is 16.3. The van der Waals surface area contributed by atoms with Gasteiger partial charge in [0.05, 0.1) is 18.2 Å². The molecule has 0 spiro atoms. The predicted octanol–water partition coefficient (Wildman–Crippen LogP) is 1.04. The first-order valence-corrected chi connectivity index (χ1v) is 7.68. The first kappa shape index (κ1) is 15.3. The molecule has 0 aromatic carbocycles. The van der Waals surface area contributed by atoms with Gasteiger partial charge in [-0.3, -0.25) is 9.48 Å². The standard InChI is InChI=1S/C15H21N7O/c1-11-14-13(20(3)19-11)9-18-22(14)12(2)15(23)17-5-4-7-21-8-6-16-10-21/h6,8-10,12H,4-5,7H2,1-3H3,(H,17,23). The second-order valence-corrected chi connectivity index (χ2v) is 5.65. The van der Waals surface area contributed by atoms with Gasteiger partial charge in [0.15, 0.2) is 0 Å². The Morgan fingerprint density at radius 1 is 1.43 bits per heavy atom. The Labute approximate surface area is 134 Å². The van der Waals surface area contributed by atoms with Crippen molar-refractivity contribution in [2.24, 2.45) is 7.05 Å². The maximum Gasteiger partial charge on any atom is 0.244 e. The molecule has 8 heteroatoms. The van der Waals surface area contributed by atoms with Crippen molar-refractivity contribution in [2.75, 3.05) is 6.54 Å². The van der Waals surface area contributed by atoms with Crippen LogP contribution in [0.25, 0.3) is 11.0 Å². The van der Waals surface area contributed by atoms with Gasteiger partial charge in [-0.1, -0.05) is 0 Å². The molecule has 1 N–H and O–H groups in total. The summed E-state index contributed by atoms with van der Waals surface area (Å²) in [5.74, 6) is -0.0381. The van der Waals surface area contributed by atoms with Crippen molar-refractivity contribution in [3.63, 3.8) is 0 Å². The van der Waals surface area contributed by atoms with E-state index in [9.17, 15) is 4.79 Å². The predicted molar refractivity (Wildman–Crippen MR) is 85.8 cm³/mol. The third-order valence-electron chi connectivity index (χ3n) is 3.97. The Kier molecular flexibility index (Phi) is 4.14. The van der Waals surface area contributed by atoms with Crippen LogP contribution in [0.1, 0.15) is 25.1 Å². The summed E-state index contributed by atoms with van der Waals surface area (Å²) >= 11 is 0. The van der Waals surface area contributed by atoms with Crippen LogP contribution in [-0.4, -0.2) is 41.6 Å². The van der Waals surface area contributed by atoms with Crippen molar-refractivity contribution in [1.29, 1.82) is 0 Å². The number of imidazole rings is 1. The molecule has 1 amide bonds. The Balaban J connectivity index is 1.60. The average Bonchev–Trinajstić information content (AvgIpc) is 3.23. The fourth-order valence-electron chi connectivity index (χ4n) is 2.71. The van der Waals surface area contributed by atoms with Gasteiger partial charge in [0, 0.05) is 32.5 Å². The van der Waals surface area contributed by atoms with Crippen molar-refractivity contribution >= 4 is 16.9 Å². The lowest BCUT2D eigenvalue weighted by atomic mass is 10.3. The van der Waals surface area contributed by atoms with Crippen LogP contribution in [0.3, 0.4) is 0 Å². The molecule has 8 nitrogen and oxygen atoms in total. The van der Waals surface area contributed by atoms with Crippen molar-refractivity contribution in [1.82, 2.24) is 34.4 Å². The summed E-state index contributed by atoms with van der Waals surface area (Å²) in [6.07, 6.45) is 8.04. The lowest BCUT2D eigenvalue weighted by molar-refractivity contribution is -0.124. The molecule has 3 rings (SSSR count). The van der Waals surface area contributed by atoms with Crippen molar-refractivity contribution in [2.45, 2.75) is 32.9 Å². The van der Waals surface area contributed by atoms with Crippen LogP contribution in [0.4, 0.5) is 0 Å². The fourth-order valence-corrected chi connectivity index (χ4v) is 2.71. The summed E-state index contributed by atoms with van der Waals surface area (Å²) in [6, 6.07) is -0.372. The maximum absolute atomic E-state index is 12.3. The minimum atomic E-state index is -0.372. The summed E-state index contributed by atoms with van der Waals surface area (Å²) in [6.45, 7) is 5.24. The average molecular weight is 315 g/mol. The zero-order valence-electron chi connectivity index (χ0n) is 13.6. The van der Waals surface area contributed by atoms with E-state index in [0.717, 1.165) is 29.7 Å². The topological polar surface area (TPSA) is 82.6 Å². The van der Waals surface area contributed by atoms with Crippen molar-refractivity contribution < 1.29 is 4.79 Å². The van der Waals surface area contributed by atoms with Gasteiger partial charge in [-0.25, -0.2) is 9.67 Å². The highest BCUT2D eigenvalue weighted by Crippen LogP contribution is 2.20. The van der Waals surface area contributed by atoms with Crippen LogP contribution in [-0.2, 0) is 18.4 Å². The van der Waals surface area contributed by atoms with E-state index in [1.165, 1.54) is 0 Å². The highest BCUT2D eigenvalue weighted by molar-refractivity contribution is 5.84. The van der Waals surface area contributed by atoms with Crippen molar-refractivity contribution in [3.8, 4) is 0 Å². The van der Waals surface area contributed by atoms with Gasteiger partial charge in [-0.05, 0) is 20.3 Å². The summed E-state index contributed by atoms with van der Waals surface area (Å²) in [5.41, 5.74) is 2.72. The molecule has 122 valence electrons. The molecule has 0 radical (unpaired) electrons. The molecule has 0 bridgehead atoms. The largest absolute Gasteiger partial charge is 0.354 e. The normalized spacial score (nSPS) is 12.7. The Bertz CT molecular complexity index is 799. The number of fused-ring (bicyclic) bond motifs is 1. The van der Waals surface area contributed by atoms with Gasteiger partial charge in [-0.2, -0.15) is 10.2 Å². The second-order valence-electron chi connectivity index (χ2n) is 5.65. The minimum Gasteiger partial charge on any atom is -0.354 e. The van der Waals surface area contributed by atoms with Gasteiger partial charge in [0.25, 0.3) is 0 Å². The Morgan fingerprint density at radius 3 is 3.00 bits per heavy atom. The molecule has 0 saturated carbocycles. The molecular formula is C15H21N7O. The van der Waals surface area contributed by atoms with E-state index < -0.39 is 0 Å². The van der Waals surface area contributed by atoms with E-state index in [1.807, 2.05) is 31.7 Å². The quantitative estimate of drug-likeness (QED) is 0.689. The Morgan fingerprint density at radius 2 is 2.26 bits per heavy atom. The highest BCUT2D eigenvalue weighted by Gasteiger charge is 2.20. The lowest BCUT2D eigenvalue weighted by Gasteiger charge is -2.13. The van der Waals surface area contributed by atoms with Gasteiger partial charge in [0.1, 0.15) is 17.1 Å². The molecule has 3 aromatic rings. The number of aromatic nitrogens is 6. The first-order valence-electron chi connectivity index (χ1n) is 7.68. The van der Waals surface area contributed by atoms with E-state index in [0.29, 0.717) is 6.54 Å². The fraction of sp³-hybridized carbons (Fsp3) is 0.467.